The average Bonchev–Trinajstić information content (AvgIpc) is 2.29. The van der Waals surface area contributed by atoms with Crippen molar-refractivity contribution >= 4 is 33.6 Å². The van der Waals surface area contributed by atoms with E-state index in [9.17, 15) is 9.59 Å². The summed E-state index contributed by atoms with van der Waals surface area (Å²) in [6.07, 6.45) is -0.241. The minimum absolute atomic E-state index is 0.241. The zero-order valence-corrected chi connectivity index (χ0v) is 12.6. The van der Waals surface area contributed by atoms with Gasteiger partial charge >= 0.3 is 11.9 Å². The van der Waals surface area contributed by atoms with Gasteiger partial charge in [-0.1, -0.05) is 15.9 Å². The van der Waals surface area contributed by atoms with E-state index in [0.717, 1.165) is 0 Å². The minimum atomic E-state index is -0.605. The topological polar surface area (TPSA) is 78.6 Å². The highest BCUT2D eigenvalue weighted by molar-refractivity contribution is 9.10. The molecule has 5 nitrogen and oxygen atoms in total. The van der Waals surface area contributed by atoms with E-state index >= 15 is 0 Å². The third-order valence-electron chi connectivity index (χ3n) is 2.32. The van der Waals surface area contributed by atoms with Crippen molar-refractivity contribution in [3.05, 3.63) is 27.7 Å². The Morgan fingerprint density at radius 2 is 2.00 bits per heavy atom. The predicted octanol–water partition coefficient (Wildman–Crippen LogP) is 2.45. The summed E-state index contributed by atoms with van der Waals surface area (Å²) in [5.74, 6) is -1.19. The molecule has 19 heavy (non-hydrogen) atoms. The van der Waals surface area contributed by atoms with E-state index in [1.165, 1.54) is 0 Å². The zero-order chi connectivity index (χ0) is 14.6. The van der Waals surface area contributed by atoms with Crippen LogP contribution in [0, 0.1) is 6.92 Å². The molecule has 0 aliphatic heterocycles. The lowest BCUT2D eigenvalue weighted by atomic mass is 10.1. The summed E-state index contributed by atoms with van der Waals surface area (Å²) >= 11 is 3.25. The first-order valence-corrected chi connectivity index (χ1v) is 6.52. The average molecular weight is 330 g/mol. The molecule has 0 heterocycles. The SMILES string of the molecule is Cc1c(N)cc(Br)cc1C(=O)OCC(=O)OC(C)C. The van der Waals surface area contributed by atoms with E-state index in [0.29, 0.717) is 21.3 Å². The molecule has 0 aliphatic carbocycles. The van der Waals surface area contributed by atoms with Crippen LogP contribution in [0.1, 0.15) is 29.8 Å². The van der Waals surface area contributed by atoms with E-state index in [-0.39, 0.29) is 6.10 Å². The maximum absolute atomic E-state index is 11.9. The summed E-state index contributed by atoms with van der Waals surface area (Å²) in [5.41, 5.74) is 7.17. The standard InChI is InChI=1S/C13H16BrNO4/c1-7(2)19-12(16)6-18-13(17)10-4-9(14)5-11(15)8(10)3/h4-5,7H,6,15H2,1-3H3. The molecule has 0 saturated heterocycles. The molecule has 0 aromatic heterocycles. The molecule has 104 valence electrons. The summed E-state index contributed by atoms with van der Waals surface area (Å²) < 4.78 is 10.4. The van der Waals surface area contributed by atoms with Crippen LogP contribution in [0.2, 0.25) is 0 Å². The van der Waals surface area contributed by atoms with Crippen molar-refractivity contribution in [3.8, 4) is 0 Å². The first-order chi connectivity index (χ1) is 8.81. The highest BCUT2D eigenvalue weighted by Crippen LogP contribution is 2.23. The van der Waals surface area contributed by atoms with Gasteiger partial charge in [-0.2, -0.15) is 0 Å². The Hall–Kier alpha value is -1.56. The van der Waals surface area contributed by atoms with Gasteiger partial charge in [0, 0.05) is 10.2 Å². The Labute approximate surface area is 120 Å². The van der Waals surface area contributed by atoms with Gasteiger partial charge in [0.2, 0.25) is 0 Å². The third-order valence-corrected chi connectivity index (χ3v) is 2.78. The van der Waals surface area contributed by atoms with Gasteiger partial charge < -0.3 is 15.2 Å². The summed E-state index contributed by atoms with van der Waals surface area (Å²) in [7, 11) is 0. The number of benzene rings is 1. The number of carbonyl (C=O) groups excluding carboxylic acids is 2. The van der Waals surface area contributed by atoms with Gasteiger partial charge in [0.05, 0.1) is 11.7 Å². The monoisotopic (exact) mass is 329 g/mol. The maximum Gasteiger partial charge on any atom is 0.344 e. The van der Waals surface area contributed by atoms with E-state index in [4.69, 9.17) is 15.2 Å². The van der Waals surface area contributed by atoms with Crippen molar-refractivity contribution in [2.24, 2.45) is 0 Å². The van der Waals surface area contributed by atoms with E-state index in [1.54, 1.807) is 32.9 Å². The molecular formula is C13H16BrNO4. The zero-order valence-electron chi connectivity index (χ0n) is 11.0. The normalized spacial score (nSPS) is 10.4. The van der Waals surface area contributed by atoms with Gasteiger partial charge in [-0.15, -0.1) is 0 Å². The fourth-order valence-electron chi connectivity index (χ4n) is 1.41. The van der Waals surface area contributed by atoms with Crippen LogP contribution in [0.15, 0.2) is 16.6 Å². The molecule has 6 heteroatoms. The number of nitrogens with two attached hydrogens (primary N) is 1. The number of hydrogen-bond acceptors (Lipinski definition) is 5. The Morgan fingerprint density at radius 3 is 2.58 bits per heavy atom. The van der Waals surface area contributed by atoms with Crippen LogP contribution in [0.4, 0.5) is 5.69 Å². The molecule has 1 aromatic rings. The van der Waals surface area contributed by atoms with Crippen LogP contribution in [0.25, 0.3) is 0 Å². The number of anilines is 1. The number of halogens is 1. The van der Waals surface area contributed by atoms with Crippen LogP contribution < -0.4 is 5.73 Å². The van der Waals surface area contributed by atoms with Crippen molar-refractivity contribution in [3.63, 3.8) is 0 Å². The molecule has 1 rings (SSSR count). The largest absolute Gasteiger partial charge is 0.460 e. The van der Waals surface area contributed by atoms with Gasteiger partial charge in [-0.05, 0) is 38.5 Å². The molecule has 0 spiro atoms. The highest BCUT2D eigenvalue weighted by Gasteiger charge is 2.16. The minimum Gasteiger partial charge on any atom is -0.460 e. The number of nitrogen functional groups attached to an aromatic ring is 1. The maximum atomic E-state index is 11.9. The molecule has 0 aliphatic rings. The van der Waals surface area contributed by atoms with Gasteiger partial charge in [0.1, 0.15) is 0 Å². The molecule has 0 saturated carbocycles. The quantitative estimate of drug-likeness (QED) is 0.678. The fourth-order valence-corrected chi connectivity index (χ4v) is 1.89. The van der Waals surface area contributed by atoms with Crippen LogP contribution in [0.5, 0.6) is 0 Å². The summed E-state index contributed by atoms with van der Waals surface area (Å²) in [5, 5.41) is 0. The van der Waals surface area contributed by atoms with E-state index in [2.05, 4.69) is 15.9 Å². The Kier molecular flexibility index (Phi) is 5.35. The number of carbonyl (C=O) groups is 2. The summed E-state index contributed by atoms with van der Waals surface area (Å²) in [4.78, 5) is 23.1. The third kappa shape index (κ3) is 4.55. The van der Waals surface area contributed by atoms with E-state index in [1.807, 2.05) is 0 Å². The Balaban J connectivity index is 2.72. The first-order valence-electron chi connectivity index (χ1n) is 5.73. The van der Waals surface area contributed by atoms with Crippen LogP contribution in [-0.2, 0) is 14.3 Å². The smallest absolute Gasteiger partial charge is 0.344 e. The number of rotatable bonds is 4. The highest BCUT2D eigenvalue weighted by atomic mass is 79.9. The molecule has 0 atom stereocenters. The van der Waals surface area contributed by atoms with Gasteiger partial charge in [0.15, 0.2) is 6.61 Å². The molecule has 0 unspecified atom stereocenters. The summed E-state index contributed by atoms with van der Waals surface area (Å²) in [6.45, 7) is 4.74. The van der Waals surface area contributed by atoms with Crippen LogP contribution >= 0.6 is 15.9 Å². The molecule has 0 fully saturated rings. The molecular weight excluding hydrogens is 314 g/mol. The summed E-state index contributed by atoms with van der Waals surface area (Å²) in [6, 6.07) is 3.29. The van der Waals surface area contributed by atoms with Gasteiger partial charge in [-0.25, -0.2) is 9.59 Å². The molecule has 1 aromatic carbocycles. The van der Waals surface area contributed by atoms with Gasteiger partial charge in [-0.3, -0.25) is 0 Å². The fraction of sp³-hybridized carbons (Fsp3) is 0.385. The second-order valence-electron chi connectivity index (χ2n) is 4.28. The second-order valence-corrected chi connectivity index (χ2v) is 5.20. The number of esters is 2. The lowest BCUT2D eigenvalue weighted by Crippen LogP contribution is -2.20. The van der Waals surface area contributed by atoms with Crippen molar-refractivity contribution in [1.82, 2.24) is 0 Å². The van der Waals surface area contributed by atoms with Crippen molar-refractivity contribution in [2.45, 2.75) is 26.9 Å². The lowest BCUT2D eigenvalue weighted by Gasteiger charge is -2.11. The lowest BCUT2D eigenvalue weighted by molar-refractivity contribution is -0.150. The molecule has 0 bridgehead atoms. The van der Waals surface area contributed by atoms with Gasteiger partial charge in [0.25, 0.3) is 0 Å². The number of ether oxygens (including phenoxy) is 2. The number of hydrogen-bond donors (Lipinski definition) is 1. The predicted molar refractivity (Wildman–Crippen MR) is 74.8 cm³/mol. The Bertz CT molecular complexity index is 500. The van der Waals surface area contributed by atoms with Crippen LogP contribution in [0.3, 0.4) is 0 Å². The van der Waals surface area contributed by atoms with Crippen molar-refractivity contribution in [1.29, 1.82) is 0 Å². The van der Waals surface area contributed by atoms with Crippen molar-refractivity contribution in [2.75, 3.05) is 12.3 Å². The first kappa shape index (κ1) is 15.5. The second kappa shape index (κ2) is 6.56. The molecule has 0 amide bonds. The molecule has 0 radical (unpaired) electrons. The Morgan fingerprint density at radius 1 is 1.37 bits per heavy atom. The van der Waals surface area contributed by atoms with E-state index < -0.39 is 18.5 Å². The molecule has 2 N–H and O–H groups in total. The van der Waals surface area contributed by atoms with Crippen molar-refractivity contribution < 1.29 is 19.1 Å². The van der Waals surface area contributed by atoms with Crippen LogP contribution in [-0.4, -0.2) is 24.6 Å².